The van der Waals surface area contributed by atoms with Crippen molar-refractivity contribution in [1.29, 1.82) is 0 Å². The van der Waals surface area contributed by atoms with Crippen LogP contribution in [0.15, 0.2) is 58.5 Å². The highest BCUT2D eigenvalue weighted by Crippen LogP contribution is 2.27. The van der Waals surface area contributed by atoms with Crippen LogP contribution in [-0.4, -0.2) is 5.91 Å². The first-order valence-electron chi connectivity index (χ1n) is 8.16. The van der Waals surface area contributed by atoms with E-state index in [1.807, 2.05) is 11.4 Å². The molecule has 0 saturated heterocycles. The second kappa shape index (κ2) is 7.49. The number of carbonyl (C=O) groups is 1. The zero-order valence-corrected chi connectivity index (χ0v) is 14.7. The van der Waals surface area contributed by atoms with Crippen LogP contribution in [0.1, 0.15) is 51.5 Å². The molecular formula is C20H21NO2S. The quantitative estimate of drug-likeness (QED) is 0.677. The Morgan fingerprint density at radius 1 is 1.21 bits per heavy atom. The number of aryl methyl sites for hydroxylation is 2. The van der Waals surface area contributed by atoms with Crippen LogP contribution in [0.25, 0.3) is 0 Å². The fourth-order valence-electron chi connectivity index (χ4n) is 2.77. The summed E-state index contributed by atoms with van der Waals surface area (Å²) in [4.78, 5) is 13.7. The van der Waals surface area contributed by atoms with Gasteiger partial charge in [0.15, 0.2) is 0 Å². The molecule has 1 amide bonds. The minimum Gasteiger partial charge on any atom is -0.469 e. The molecule has 0 bridgehead atoms. The number of hydrogen-bond acceptors (Lipinski definition) is 3. The monoisotopic (exact) mass is 339 g/mol. The summed E-state index contributed by atoms with van der Waals surface area (Å²) in [5, 5.41) is 5.17. The van der Waals surface area contributed by atoms with Crippen molar-refractivity contribution in [2.75, 3.05) is 0 Å². The molecule has 3 rings (SSSR count). The lowest BCUT2D eigenvalue weighted by molar-refractivity contribution is 0.0942. The SMILES string of the molecule is CCCc1ccc(C(NC(=O)c2ccoc2C)c2cccs2)cc1. The van der Waals surface area contributed by atoms with Crippen LogP contribution >= 0.6 is 11.3 Å². The van der Waals surface area contributed by atoms with Crippen molar-refractivity contribution < 1.29 is 9.21 Å². The maximum absolute atomic E-state index is 12.6. The van der Waals surface area contributed by atoms with E-state index in [0.29, 0.717) is 11.3 Å². The van der Waals surface area contributed by atoms with Crippen LogP contribution in [0.3, 0.4) is 0 Å². The zero-order valence-electron chi connectivity index (χ0n) is 13.9. The van der Waals surface area contributed by atoms with Crippen molar-refractivity contribution in [2.24, 2.45) is 0 Å². The predicted molar refractivity (Wildman–Crippen MR) is 97.5 cm³/mol. The van der Waals surface area contributed by atoms with Gasteiger partial charge in [0.1, 0.15) is 5.76 Å². The molecule has 24 heavy (non-hydrogen) atoms. The molecule has 0 fully saturated rings. The van der Waals surface area contributed by atoms with E-state index in [9.17, 15) is 4.79 Å². The molecule has 0 spiro atoms. The Kier molecular flexibility index (Phi) is 5.16. The summed E-state index contributed by atoms with van der Waals surface area (Å²) < 4.78 is 5.25. The van der Waals surface area contributed by atoms with Gasteiger partial charge in [0.05, 0.1) is 17.9 Å². The minimum absolute atomic E-state index is 0.114. The summed E-state index contributed by atoms with van der Waals surface area (Å²) in [6.45, 7) is 3.98. The molecule has 1 unspecified atom stereocenters. The van der Waals surface area contributed by atoms with Gasteiger partial charge < -0.3 is 9.73 Å². The molecule has 3 aromatic rings. The van der Waals surface area contributed by atoms with E-state index >= 15 is 0 Å². The molecule has 4 heteroatoms. The number of carbonyl (C=O) groups excluding carboxylic acids is 1. The highest BCUT2D eigenvalue weighted by Gasteiger charge is 2.20. The van der Waals surface area contributed by atoms with Crippen LogP contribution in [0.4, 0.5) is 0 Å². The van der Waals surface area contributed by atoms with E-state index in [2.05, 4.69) is 42.6 Å². The van der Waals surface area contributed by atoms with Crippen molar-refractivity contribution in [3.8, 4) is 0 Å². The largest absolute Gasteiger partial charge is 0.469 e. The van der Waals surface area contributed by atoms with E-state index in [1.54, 1.807) is 30.6 Å². The van der Waals surface area contributed by atoms with E-state index in [-0.39, 0.29) is 11.9 Å². The molecule has 0 aliphatic heterocycles. The van der Waals surface area contributed by atoms with Gasteiger partial charge in [0.2, 0.25) is 0 Å². The lowest BCUT2D eigenvalue weighted by Gasteiger charge is -2.18. The lowest BCUT2D eigenvalue weighted by Crippen LogP contribution is -2.29. The first-order chi connectivity index (χ1) is 11.7. The average molecular weight is 339 g/mol. The Bertz CT molecular complexity index is 787. The van der Waals surface area contributed by atoms with Gasteiger partial charge in [-0.15, -0.1) is 11.3 Å². The minimum atomic E-state index is -0.150. The van der Waals surface area contributed by atoms with Crippen molar-refractivity contribution in [3.05, 3.63) is 81.4 Å². The number of thiophene rings is 1. The third-order valence-corrected chi connectivity index (χ3v) is 5.00. The second-order valence-corrected chi connectivity index (χ2v) is 6.78. The molecule has 1 aromatic carbocycles. The molecule has 0 aliphatic rings. The van der Waals surface area contributed by atoms with E-state index in [0.717, 1.165) is 23.3 Å². The molecule has 2 aromatic heterocycles. The second-order valence-electron chi connectivity index (χ2n) is 5.80. The molecular weight excluding hydrogens is 318 g/mol. The molecule has 1 atom stereocenters. The molecule has 3 nitrogen and oxygen atoms in total. The van der Waals surface area contributed by atoms with Crippen LogP contribution < -0.4 is 5.32 Å². The molecule has 0 saturated carbocycles. The normalized spacial score (nSPS) is 12.1. The van der Waals surface area contributed by atoms with Gasteiger partial charge in [-0.05, 0) is 42.0 Å². The zero-order chi connectivity index (χ0) is 16.9. The van der Waals surface area contributed by atoms with Gasteiger partial charge in [-0.2, -0.15) is 0 Å². The van der Waals surface area contributed by atoms with Crippen molar-refractivity contribution in [1.82, 2.24) is 5.32 Å². The van der Waals surface area contributed by atoms with Crippen LogP contribution in [0.5, 0.6) is 0 Å². The van der Waals surface area contributed by atoms with Gasteiger partial charge in [0, 0.05) is 4.88 Å². The maximum Gasteiger partial charge on any atom is 0.255 e. The summed E-state index contributed by atoms with van der Waals surface area (Å²) in [5.41, 5.74) is 2.99. The molecule has 1 N–H and O–H groups in total. The standard InChI is InChI=1S/C20H21NO2S/c1-3-5-15-7-9-16(10-8-15)19(18-6-4-13-24-18)21-20(22)17-11-12-23-14(17)2/h4,6-13,19H,3,5H2,1-2H3,(H,21,22). The summed E-state index contributed by atoms with van der Waals surface area (Å²) in [6, 6.07) is 14.1. The number of furan rings is 1. The predicted octanol–water partition coefficient (Wildman–Crippen LogP) is 5.12. The smallest absolute Gasteiger partial charge is 0.255 e. The van der Waals surface area contributed by atoms with E-state index < -0.39 is 0 Å². The van der Waals surface area contributed by atoms with Crippen LogP contribution in [-0.2, 0) is 6.42 Å². The first kappa shape index (κ1) is 16.5. The Balaban J connectivity index is 1.87. The Morgan fingerprint density at radius 2 is 2.00 bits per heavy atom. The Labute approximate surface area is 146 Å². The van der Waals surface area contributed by atoms with Crippen molar-refractivity contribution >= 4 is 17.2 Å². The van der Waals surface area contributed by atoms with Gasteiger partial charge in [0.25, 0.3) is 5.91 Å². The number of amides is 1. The van der Waals surface area contributed by atoms with E-state index in [1.165, 1.54) is 5.56 Å². The molecule has 0 aliphatic carbocycles. The fraction of sp³-hybridized carbons (Fsp3) is 0.250. The highest BCUT2D eigenvalue weighted by molar-refractivity contribution is 7.10. The fourth-order valence-corrected chi connectivity index (χ4v) is 3.57. The number of hydrogen-bond donors (Lipinski definition) is 1. The van der Waals surface area contributed by atoms with Crippen LogP contribution in [0.2, 0.25) is 0 Å². The summed E-state index contributed by atoms with van der Waals surface area (Å²) >= 11 is 1.65. The van der Waals surface area contributed by atoms with Crippen LogP contribution in [0, 0.1) is 6.92 Å². The van der Waals surface area contributed by atoms with Crippen molar-refractivity contribution in [3.63, 3.8) is 0 Å². The molecule has 2 heterocycles. The topological polar surface area (TPSA) is 42.2 Å². The first-order valence-corrected chi connectivity index (χ1v) is 9.04. The van der Waals surface area contributed by atoms with Gasteiger partial charge >= 0.3 is 0 Å². The Hall–Kier alpha value is -2.33. The number of benzene rings is 1. The highest BCUT2D eigenvalue weighted by atomic mass is 32.1. The van der Waals surface area contributed by atoms with Crippen molar-refractivity contribution in [2.45, 2.75) is 32.7 Å². The molecule has 124 valence electrons. The Morgan fingerprint density at radius 3 is 2.58 bits per heavy atom. The number of nitrogens with one attached hydrogen (secondary N) is 1. The summed E-state index contributed by atoms with van der Waals surface area (Å²) in [6.07, 6.45) is 3.75. The lowest BCUT2D eigenvalue weighted by atomic mass is 10.0. The van der Waals surface area contributed by atoms with Gasteiger partial charge in [-0.1, -0.05) is 43.7 Å². The third-order valence-electron chi connectivity index (χ3n) is 4.06. The van der Waals surface area contributed by atoms with Gasteiger partial charge in [-0.3, -0.25) is 4.79 Å². The average Bonchev–Trinajstić information content (AvgIpc) is 3.25. The summed E-state index contributed by atoms with van der Waals surface area (Å²) in [5.74, 6) is 0.521. The van der Waals surface area contributed by atoms with Gasteiger partial charge in [-0.25, -0.2) is 0 Å². The number of rotatable bonds is 6. The molecule has 0 radical (unpaired) electrons. The third kappa shape index (κ3) is 3.60. The maximum atomic E-state index is 12.6. The summed E-state index contributed by atoms with van der Waals surface area (Å²) in [7, 11) is 0. The van der Waals surface area contributed by atoms with E-state index in [4.69, 9.17) is 4.42 Å².